The first kappa shape index (κ1) is 26.2. The van der Waals surface area contributed by atoms with E-state index in [1.807, 2.05) is 13.8 Å². The average Bonchev–Trinajstić information content (AvgIpc) is 2.66. The van der Waals surface area contributed by atoms with Gasteiger partial charge in [-0.3, -0.25) is 0 Å². The van der Waals surface area contributed by atoms with Crippen molar-refractivity contribution >= 4 is 0 Å². The Morgan fingerprint density at radius 2 is 1.31 bits per heavy atom. The second-order valence-electron chi connectivity index (χ2n) is 6.50. The molecule has 2 rings (SSSR count). The summed E-state index contributed by atoms with van der Waals surface area (Å²) in [6.07, 6.45) is 1.11. The van der Waals surface area contributed by atoms with Gasteiger partial charge < -0.3 is 0 Å². The van der Waals surface area contributed by atoms with E-state index in [-0.39, 0.29) is 0 Å². The summed E-state index contributed by atoms with van der Waals surface area (Å²) in [7, 11) is 0. The monoisotopic (exact) mass is 352 g/mol. The zero-order valence-corrected chi connectivity index (χ0v) is 18.2. The Balaban J connectivity index is 0. The third-order valence-corrected chi connectivity index (χ3v) is 3.97. The predicted octanol–water partition coefficient (Wildman–Crippen LogP) is 8.39. The summed E-state index contributed by atoms with van der Waals surface area (Å²) in [4.78, 5) is 0. The molecule has 0 heteroatoms. The van der Waals surface area contributed by atoms with Gasteiger partial charge in [-0.05, 0) is 43.2 Å². The molecule has 0 saturated heterocycles. The van der Waals surface area contributed by atoms with Gasteiger partial charge in [0.15, 0.2) is 0 Å². The minimum atomic E-state index is 0.590. The van der Waals surface area contributed by atoms with Gasteiger partial charge in [0.1, 0.15) is 0 Å². The van der Waals surface area contributed by atoms with Crippen LogP contribution >= 0.6 is 0 Å². The maximum absolute atomic E-state index is 3.95. The van der Waals surface area contributed by atoms with Gasteiger partial charge in [0.05, 0.1) is 0 Å². The fraction of sp³-hybridized carbons (Fsp3) is 0.385. The van der Waals surface area contributed by atoms with Crippen LogP contribution in [0.4, 0.5) is 0 Å². The summed E-state index contributed by atoms with van der Waals surface area (Å²) in [5, 5.41) is 0. The highest BCUT2D eigenvalue weighted by Crippen LogP contribution is 2.14. The molecule has 0 radical (unpaired) electrons. The van der Waals surface area contributed by atoms with Gasteiger partial charge in [0.25, 0.3) is 0 Å². The molecule has 0 aliphatic rings. The van der Waals surface area contributed by atoms with Crippen molar-refractivity contribution in [2.75, 3.05) is 0 Å². The molecule has 1 atom stereocenters. The lowest BCUT2D eigenvalue weighted by Gasteiger charge is -2.10. The number of hydrogen-bond donors (Lipinski definition) is 0. The largest absolute Gasteiger partial charge is 0.106 e. The molecular formula is C26H40. The molecule has 0 aliphatic heterocycles. The summed E-state index contributed by atoms with van der Waals surface area (Å²) in [5.74, 6) is 1.24. The molecule has 26 heavy (non-hydrogen) atoms. The molecule has 0 saturated carbocycles. The highest BCUT2D eigenvalue weighted by molar-refractivity contribution is 5.23. The molecule has 0 aromatic heterocycles. The smallest absolute Gasteiger partial charge is 0.0197 e. The van der Waals surface area contributed by atoms with E-state index in [0.717, 1.165) is 6.42 Å². The van der Waals surface area contributed by atoms with Crippen LogP contribution < -0.4 is 0 Å². The fourth-order valence-corrected chi connectivity index (χ4v) is 2.09. The van der Waals surface area contributed by atoms with E-state index in [4.69, 9.17) is 0 Å². The molecule has 0 heterocycles. The van der Waals surface area contributed by atoms with E-state index in [0.29, 0.717) is 11.8 Å². The van der Waals surface area contributed by atoms with Gasteiger partial charge in [0, 0.05) is 0 Å². The minimum Gasteiger partial charge on any atom is -0.106 e. The van der Waals surface area contributed by atoms with Crippen molar-refractivity contribution in [2.45, 2.75) is 60.8 Å². The first-order valence-electron chi connectivity index (χ1n) is 9.66. The zero-order valence-electron chi connectivity index (χ0n) is 18.2. The predicted molar refractivity (Wildman–Crippen MR) is 122 cm³/mol. The summed E-state index contributed by atoms with van der Waals surface area (Å²) in [5.41, 5.74) is 5.42. The molecule has 0 aliphatic carbocycles. The van der Waals surface area contributed by atoms with Crippen molar-refractivity contribution < 1.29 is 0 Å². The van der Waals surface area contributed by atoms with Gasteiger partial charge in [-0.2, -0.15) is 0 Å². The maximum Gasteiger partial charge on any atom is -0.0197 e. The Morgan fingerprint density at radius 1 is 0.846 bits per heavy atom. The van der Waals surface area contributed by atoms with Crippen molar-refractivity contribution in [3.63, 3.8) is 0 Å². The molecule has 0 bridgehead atoms. The summed E-state index contributed by atoms with van der Waals surface area (Å²) >= 11 is 0. The zero-order chi connectivity index (χ0) is 20.5. The van der Waals surface area contributed by atoms with Crippen LogP contribution in [0.1, 0.15) is 64.2 Å². The van der Waals surface area contributed by atoms with Crippen molar-refractivity contribution in [3.8, 4) is 0 Å². The lowest BCUT2D eigenvalue weighted by atomic mass is 9.96. The Kier molecular flexibility index (Phi) is 16.5. The van der Waals surface area contributed by atoms with Crippen LogP contribution in [0.2, 0.25) is 0 Å². The number of allylic oxidation sites excluding steroid dienone is 1. The van der Waals surface area contributed by atoms with Crippen LogP contribution in [-0.4, -0.2) is 0 Å². The second kappa shape index (κ2) is 16.4. The lowest BCUT2D eigenvalue weighted by Crippen LogP contribution is -1.99. The topological polar surface area (TPSA) is 0 Å². The first-order chi connectivity index (χ1) is 12.4. The van der Waals surface area contributed by atoms with E-state index in [9.17, 15) is 0 Å². The third-order valence-electron chi connectivity index (χ3n) is 3.97. The number of benzene rings is 2. The van der Waals surface area contributed by atoms with Gasteiger partial charge in [-0.1, -0.05) is 107 Å². The summed E-state index contributed by atoms with van der Waals surface area (Å²) < 4.78 is 0. The molecule has 0 unspecified atom stereocenters. The van der Waals surface area contributed by atoms with Gasteiger partial charge in [-0.15, -0.1) is 13.2 Å². The van der Waals surface area contributed by atoms with Crippen molar-refractivity contribution in [3.05, 3.63) is 96.6 Å². The first-order valence-corrected chi connectivity index (χ1v) is 9.66. The molecule has 0 fully saturated rings. The van der Waals surface area contributed by atoms with E-state index < -0.39 is 0 Å². The standard InChI is InChI=1S/C12H16.C10H14.C2H6.C2H4/c1-10(2)11(3)9-12-7-5-4-6-8-12;1-8(2)10-6-4-9(3)5-7-10;2*1-2/h4-8,11H,1,9H2,2-3H3;4-8H,1-3H3;1-2H3;1-2H2/t11-;;;/m0.../s1. The summed E-state index contributed by atoms with van der Waals surface area (Å²) in [6, 6.07) is 19.3. The fourth-order valence-electron chi connectivity index (χ4n) is 2.09. The van der Waals surface area contributed by atoms with Crippen LogP contribution in [0.25, 0.3) is 0 Å². The van der Waals surface area contributed by atoms with Crippen LogP contribution in [-0.2, 0) is 6.42 Å². The van der Waals surface area contributed by atoms with E-state index >= 15 is 0 Å². The molecule has 0 nitrogen and oxygen atoms in total. The molecule has 0 amide bonds. The maximum atomic E-state index is 3.95. The normalized spacial score (nSPS) is 10.2. The molecule has 0 N–H and O–H groups in total. The molecule has 0 spiro atoms. The van der Waals surface area contributed by atoms with Crippen LogP contribution in [0.15, 0.2) is 79.9 Å². The number of aryl methyl sites for hydroxylation is 1. The lowest BCUT2D eigenvalue weighted by molar-refractivity contribution is 0.680. The highest BCUT2D eigenvalue weighted by Gasteiger charge is 2.02. The highest BCUT2D eigenvalue weighted by atomic mass is 14.1. The molecule has 144 valence electrons. The van der Waals surface area contributed by atoms with E-state index in [2.05, 4.69) is 109 Å². The summed E-state index contributed by atoms with van der Waals surface area (Å²) in [6.45, 7) is 24.8. The SMILES string of the molecule is C=C.C=C(C)[C@@H](C)Cc1ccccc1.CC.Cc1ccc(C(C)C)cc1. The van der Waals surface area contributed by atoms with Crippen molar-refractivity contribution in [1.82, 2.24) is 0 Å². The number of rotatable bonds is 4. The van der Waals surface area contributed by atoms with E-state index in [1.165, 1.54) is 22.3 Å². The Morgan fingerprint density at radius 3 is 1.69 bits per heavy atom. The Labute approximate surface area is 163 Å². The Hall–Kier alpha value is -2.08. The van der Waals surface area contributed by atoms with Crippen LogP contribution in [0, 0.1) is 12.8 Å². The quantitative estimate of drug-likeness (QED) is 0.485. The van der Waals surface area contributed by atoms with E-state index in [1.54, 1.807) is 0 Å². The molecular weight excluding hydrogens is 312 g/mol. The third kappa shape index (κ3) is 12.3. The number of hydrogen-bond acceptors (Lipinski definition) is 0. The minimum absolute atomic E-state index is 0.590. The van der Waals surface area contributed by atoms with Crippen LogP contribution in [0.3, 0.4) is 0 Å². The van der Waals surface area contributed by atoms with Gasteiger partial charge in [0.2, 0.25) is 0 Å². The van der Waals surface area contributed by atoms with Crippen LogP contribution in [0.5, 0.6) is 0 Å². The average molecular weight is 353 g/mol. The molecule has 2 aromatic rings. The van der Waals surface area contributed by atoms with Crippen molar-refractivity contribution in [2.24, 2.45) is 5.92 Å². The van der Waals surface area contributed by atoms with Gasteiger partial charge in [-0.25, -0.2) is 0 Å². The second-order valence-corrected chi connectivity index (χ2v) is 6.50. The van der Waals surface area contributed by atoms with Crippen molar-refractivity contribution in [1.29, 1.82) is 0 Å². The Bertz CT molecular complexity index is 561. The van der Waals surface area contributed by atoms with Gasteiger partial charge >= 0.3 is 0 Å². The molecule has 2 aromatic carbocycles.